The number of nitrogens with one attached hydrogen (secondary N) is 3. The molecule has 1 aliphatic rings. The molecule has 0 saturated carbocycles. The highest BCUT2D eigenvalue weighted by Gasteiger charge is 2.30. The Kier molecular flexibility index (Phi) is 10.1. The molecule has 0 bridgehead atoms. The number of imidazole rings is 1. The predicted octanol–water partition coefficient (Wildman–Crippen LogP) is 1.56. The second kappa shape index (κ2) is 14.4. The molecule has 0 spiro atoms. The van der Waals surface area contributed by atoms with Gasteiger partial charge in [-0.25, -0.2) is 14.2 Å². The van der Waals surface area contributed by atoms with Gasteiger partial charge >= 0.3 is 0 Å². The van der Waals surface area contributed by atoms with Gasteiger partial charge in [0.25, 0.3) is 5.91 Å². The minimum Gasteiger partial charge on any atom is -0.354 e. The molecule has 46 heavy (non-hydrogen) atoms. The second-order valence-electron chi connectivity index (χ2n) is 12.0. The van der Waals surface area contributed by atoms with Crippen LogP contribution in [0.15, 0.2) is 48.9 Å². The zero-order valence-electron chi connectivity index (χ0n) is 26.8. The van der Waals surface area contributed by atoms with Crippen LogP contribution in [-0.4, -0.2) is 83.2 Å². The summed E-state index contributed by atoms with van der Waals surface area (Å²) in [6.45, 7) is 6.58. The Balaban J connectivity index is 1.41. The van der Waals surface area contributed by atoms with E-state index >= 15 is 0 Å². The highest BCUT2D eigenvalue weighted by atomic mass is 16.2. The summed E-state index contributed by atoms with van der Waals surface area (Å²) in [5.74, 6) is -0.247. The first-order chi connectivity index (χ1) is 22.1. The molecule has 3 aromatic heterocycles. The molecule has 2 atom stereocenters. The summed E-state index contributed by atoms with van der Waals surface area (Å²) in [7, 11) is 1.85. The summed E-state index contributed by atoms with van der Waals surface area (Å²) < 4.78 is 4.99. The third-order valence-electron chi connectivity index (χ3n) is 8.09. The number of benzene rings is 1. The Bertz CT molecular complexity index is 1690. The number of carbonyl (C=O) groups is 4. The normalized spacial score (nSPS) is 19.2. The molecule has 0 radical (unpaired) electrons. The molecule has 0 aliphatic carbocycles. The van der Waals surface area contributed by atoms with Crippen molar-refractivity contribution < 1.29 is 19.2 Å². The van der Waals surface area contributed by atoms with Crippen LogP contribution in [0.25, 0.3) is 5.65 Å². The van der Waals surface area contributed by atoms with E-state index in [1.807, 2.05) is 62.0 Å². The van der Waals surface area contributed by atoms with Crippen LogP contribution in [0.1, 0.15) is 66.7 Å². The highest BCUT2D eigenvalue weighted by Crippen LogP contribution is 2.21. The molecule has 1 aliphatic heterocycles. The van der Waals surface area contributed by atoms with E-state index in [1.54, 1.807) is 28.7 Å². The van der Waals surface area contributed by atoms with Gasteiger partial charge in [-0.05, 0) is 31.2 Å². The van der Waals surface area contributed by atoms with E-state index in [0.29, 0.717) is 55.3 Å². The highest BCUT2D eigenvalue weighted by molar-refractivity contribution is 5.99. The van der Waals surface area contributed by atoms with Crippen LogP contribution in [0.2, 0.25) is 0 Å². The topological polar surface area (TPSA) is 161 Å². The molecule has 14 heteroatoms. The lowest BCUT2D eigenvalue weighted by molar-refractivity contribution is -0.129. The predicted molar refractivity (Wildman–Crippen MR) is 169 cm³/mol. The third kappa shape index (κ3) is 7.61. The summed E-state index contributed by atoms with van der Waals surface area (Å²) >= 11 is 0. The molecule has 4 heterocycles. The average Bonchev–Trinajstić information content (AvgIpc) is 3.72. The number of amides is 4. The second-order valence-corrected chi connectivity index (χ2v) is 12.0. The SMILES string of the molecule is Cc1nc2n(n1)CC(=O)NCCCN(C(=O)c1cnn3ccn(C)c13)CCCC(=O)N[C@H](Cc1ccccc1)C(=O)N[C@H]2C(C)C. The van der Waals surface area contributed by atoms with Gasteiger partial charge < -0.3 is 25.4 Å². The number of aryl methyl sites for hydroxylation is 2. The fraction of sp³-hybridized carbons (Fsp3) is 0.469. The van der Waals surface area contributed by atoms with Crippen molar-refractivity contribution in [2.24, 2.45) is 13.0 Å². The number of fused-ring (bicyclic) bond motifs is 2. The minimum absolute atomic E-state index is 0.0793. The Morgan fingerprint density at radius 2 is 1.78 bits per heavy atom. The quantitative estimate of drug-likeness (QED) is 0.308. The van der Waals surface area contributed by atoms with Crippen LogP contribution in [0.4, 0.5) is 0 Å². The van der Waals surface area contributed by atoms with E-state index in [4.69, 9.17) is 0 Å². The summed E-state index contributed by atoms with van der Waals surface area (Å²) in [5.41, 5.74) is 2.02. The van der Waals surface area contributed by atoms with Crippen LogP contribution in [-0.2, 0) is 34.4 Å². The van der Waals surface area contributed by atoms with Crippen molar-refractivity contribution in [3.05, 3.63) is 71.7 Å². The summed E-state index contributed by atoms with van der Waals surface area (Å²) in [5, 5.41) is 17.7. The third-order valence-corrected chi connectivity index (χ3v) is 8.09. The number of carbonyl (C=O) groups excluding carboxylic acids is 4. The maximum Gasteiger partial charge on any atom is 0.259 e. The monoisotopic (exact) mass is 630 g/mol. The fourth-order valence-corrected chi connectivity index (χ4v) is 5.73. The maximum absolute atomic E-state index is 13.8. The van der Waals surface area contributed by atoms with Crippen LogP contribution >= 0.6 is 0 Å². The molecule has 4 amide bonds. The Labute approximate surface area is 267 Å². The summed E-state index contributed by atoms with van der Waals surface area (Å²) in [4.78, 5) is 60.1. The molecule has 0 saturated heterocycles. The number of nitrogens with zero attached hydrogens (tertiary/aromatic N) is 7. The fourth-order valence-electron chi connectivity index (χ4n) is 5.73. The molecule has 4 aromatic rings. The van der Waals surface area contributed by atoms with Crippen molar-refractivity contribution in [2.75, 3.05) is 19.6 Å². The standard InChI is InChI=1S/C32H42N10O4/c1-21(2)28-29-35-22(3)38-42(29)20-27(44)33-13-9-15-40(32(46)24-19-34-41-17-16-39(4)31(24)41)14-8-12-26(43)36-25(30(45)37-28)18-23-10-6-5-7-11-23/h5-7,10-11,16-17,19,21,25,28H,8-9,12-15,18,20H2,1-4H3,(H,33,44)(H,36,43)(H,37,45)/t25-,28+/m1/s1. The maximum atomic E-state index is 13.8. The van der Waals surface area contributed by atoms with Crippen molar-refractivity contribution in [3.8, 4) is 0 Å². The van der Waals surface area contributed by atoms with Crippen molar-refractivity contribution in [1.82, 2.24) is 49.8 Å². The Morgan fingerprint density at radius 1 is 1.02 bits per heavy atom. The van der Waals surface area contributed by atoms with Gasteiger partial charge in [0.05, 0.1) is 12.2 Å². The van der Waals surface area contributed by atoms with E-state index in [2.05, 4.69) is 31.1 Å². The van der Waals surface area contributed by atoms with Crippen LogP contribution in [0, 0.1) is 12.8 Å². The van der Waals surface area contributed by atoms with Gasteiger partial charge in [-0.15, -0.1) is 0 Å². The molecular formula is C32H42N10O4. The van der Waals surface area contributed by atoms with Gasteiger partial charge in [0.15, 0.2) is 5.82 Å². The molecule has 3 N–H and O–H groups in total. The van der Waals surface area contributed by atoms with Crippen LogP contribution in [0.3, 0.4) is 0 Å². The largest absolute Gasteiger partial charge is 0.354 e. The van der Waals surface area contributed by atoms with Crippen molar-refractivity contribution in [2.45, 2.75) is 65.1 Å². The zero-order chi connectivity index (χ0) is 32.8. The van der Waals surface area contributed by atoms with E-state index in [9.17, 15) is 19.2 Å². The Hall–Kier alpha value is -5.01. The van der Waals surface area contributed by atoms with Gasteiger partial charge in [-0.1, -0.05) is 44.2 Å². The van der Waals surface area contributed by atoms with E-state index in [-0.39, 0.29) is 48.9 Å². The van der Waals surface area contributed by atoms with Gasteiger partial charge in [-0.2, -0.15) is 10.2 Å². The first-order valence-corrected chi connectivity index (χ1v) is 15.7. The van der Waals surface area contributed by atoms with Crippen molar-refractivity contribution >= 4 is 29.3 Å². The zero-order valence-corrected chi connectivity index (χ0v) is 26.8. The van der Waals surface area contributed by atoms with Crippen LogP contribution < -0.4 is 16.0 Å². The molecule has 5 rings (SSSR count). The molecule has 0 fully saturated rings. The lowest BCUT2D eigenvalue weighted by atomic mass is 10.0. The minimum atomic E-state index is -0.855. The molecule has 0 unspecified atom stereocenters. The van der Waals surface area contributed by atoms with Gasteiger partial charge in [0.2, 0.25) is 17.7 Å². The lowest BCUT2D eigenvalue weighted by Crippen LogP contribution is -2.50. The first kappa shape index (κ1) is 32.4. The molecule has 244 valence electrons. The first-order valence-electron chi connectivity index (χ1n) is 15.7. The average molecular weight is 631 g/mol. The number of hydrogen-bond donors (Lipinski definition) is 3. The number of aromatic nitrogens is 6. The van der Waals surface area contributed by atoms with Crippen LogP contribution in [0.5, 0.6) is 0 Å². The van der Waals surface area contributed by atoms with Crippen molar-refractivity contribution in [1.29, 1.82) is 0 Å². The molecule has 1 aromatic carbocycles. The Morgan fingerprint density at radius 3 is 2.54 bits per heavy atom. The smallest absolute Gasteiger partial charge is 0.259 e. The molecule has 14 nitrogen and oxygen atoms in total. The van der Waals surface area contributed by atoms with E-state index in [1.165, 1.54) is 4.68 Å². The number of rotatable bonds is 4. The van der Waals surface area contributed by atoms with E-state index in [0.717, 1.165) is 5.56 Å². The van der Waals surface area contributed by atoms with E-state index < -0.39 is 12.1 Å². The van der Waals surface area contributed by atoms with Gasteiger partial charge in [0, 0.05) is 51.9 Å². The van der Waals surface area contributed by atoms with Gasteiger partial charge in [-0.3, -0.25) is 19.2 Å². The summed E-state index contributed by atoms with van der Waals surface area (Å²) in [6.07, 6.45) is 6.45. The van der Waals surface area contributed by atoms with Gasteiger partial charge in [0.1, 0.15) is 29.6 Å². The lowest BCUT2D eigenvalue weighted by Gasteiger charge is -2.26. The molecular weight excluding hydrogens is 588 g/mol. The number of hydrogen-bond acceptors (Lipinski definition) is 7. The summed E-state index contributed by atoms with van der Waals surface area (Å²) in [6, 6.07) is 8.09. The van der Waals surface area contributed by atoms with Crippen molar-refractivity contribution in [3.63, 3.8) is 0 Å².